The van der Waals surface area contributed by atoms with Crippen LogP contribution in [-0.2, 0) is 9.47 Å². The molecule has 0 aromatic carbocycles. The summed E-state index contributed by atoms with van der Waals surface area (Å²) in [7, 11) is 0. The van der Waals surface area contributed by atoms with Crippen molar-refractivity contribution in [2.24, 2.45) is 0 Å². The molecule has 1 aliphatic rings. The fraction of sp³-hybridized carbons (Fsp3) is 1.00. The zero-order valence-electron chi connectivity index (χ0n) is 9.69. The van der Waals surface area contributed by atoms with E-state index in [1.165, 1.54) is 0 Å². The number of halogens is 1. The second-order valence-corrected chi connectivity index (χ2v) is 5.04. The summed E-state index contributed by atoms with van der Waals surface area (Å²) in [4.78, 5) is 0. The zero-order chi connectivity index (χ0) is 12.0. The van der Waals surface area contributed by atoms with Crippen LogP contribution in [0, 0.1) is 0 Å². The second kappa shape index (κ2) is 7.10. The number of aliphatic hydroxyl groups excluding tert-OH is 2. The molecule has 16 heavy (non-hydrogen) atoms. The molecule has 1 aliphatic heterocycles. The van der Waals surface area contributed by atoms with Gasteiger partial charge in [0.1, 0.15) is 0 Å². The first kappa shape index (κ1) is 14.6. The normalized spacial score (nSPS) is 32.6. The van der Waals surface area contributed by atoms with Crippen LogP contribution in [0.2, 0.25) is 0 Å². The van der Waals surface area contributed by atoms with Crippen LogP contribution >= 0.6 is 22.6 Å². The average molecular weight is 344 g/mol. The second-order valence-electron chi connectivity index (χ2n) is 4.16. The van der Waals surface area contributed by atoms with Crippen LogP contribution in [0.25, 0.3) is 0 Å². The molecule has 0 aliphatic carbocycles. The van der Waals surface area contributed by atoms with Gasteiger partial charge in [-0.05, 0) is 19.3 Å². The Morgan fingerprint density at radius 1 is 1.56 bits per heavy atom. The van der Waals surface area contributed by atoms with E-state index < -0.39 is 5.79 Å². The maximum Gasteiger partial charge on any atom is 0.169 e. The van der Waals surface area contributed by atoms with Crippen LogP contribution in [0.15, 0.2) is 0 Å². The molecule has 0 radical (unpaired) electrons. The van der Waals surface area contributed by atoms with E-state index in [1.807, 2.05) is 6.92 Å². The lowest BCUT2D eigenvalue weighted by Crippen LogP contribution is -2.47. The Morgan fingerprint density at radius 2 is 2.31 bits per heavy atom. The highest BCUT2D eigenvalue weighted by Crippen LogP contribution is 2.33. The summed E-state index contributed by atoms with van der Waals surface area (Å²) in [5.41, 5.74) is 0. The van der Waals surface area contributed by atoms with E-state index in [-0.39, 0.29) is 25.4 Å². The molecule has 5 heteroatoms. The number of hydrogen-bond acceptors (Lipinski definition) is 4. The van der Waals surface area contributed by atoms with Crippen molar-refractivity contribution in [2.45, 2.75) is 50.6 Å². The smallest absolute Gasteiger partial charge is 0.169 e. The molecule has 3 unspecified atom stereocenters. The molecule has 4 nitrogen and oxygen atoms in total. The van der Waals surface area contributed by atoms with E-state index in [2.05, 4.69) is 22.6 Å². The van der Waals surface area contributed by atoms with Crippen molar-refractivity contribution in [3.05, 3.63) is 0 Å². The van der Waals surface area contributed by atoms with E-state index in [4.69, 9.17) is 19.7 Å². The monoisotopic (exact) mass is 344 g/mol. The number of ether oxygens (including phenoxy) is 2. The molecule has 0 aromatic heterocycles. The van der Waals surface area contributed by atoms with Crippen molar-refractivity contribution in [1.29, 1.82) is 0 Å². The van der Waals surface area contributed by atoms with E-state index in [0.717, 1.165) is 30.1 Å². The number of alkyl halides is 1. The molecular formula is C11H21IO4. The van der Waals surface area contributed by atoms with Gasteiger partial charge in [-0.15, -0.1) is 0 Å². The Bertz CT molecular complexity index is 198. The molecule has 96 valence electrons. The lowest BCUT2D eigenvalue weighted by Gasteiger charge is -2.41. The summed E-state index contributed by atoms with van der Waals surface area (Å²) >= 11 is 2.19. The van der Waals surface area contributed by atoms with Gasteiger partial charge in [-0.2, -0.15) is 0 Å². The first-order valence-electron chi connectivity index (χ1n) is 5.83. The third-order valence-electron chi connectivity index (χ3n) is 2.96. The summed E-state index contributed by atoms with van der Waals surface area (Å²) < 4.78 is 12.4. The van der Waals surface area contributed by atoms with Crippen LogP contribution < -0.4 is 0 Å². The first-order valence-corrected chi connectivity index (χ1v) is 7.35. The Morgan fingerprint density at radius 3 is 2.81 bits per heavy atom. The zero-order valence-corrected chi connectivity index (χ0v) is 11.9. The highest BCUT2D eigenvalue weighted by atomic mass is 127. The highest BCUT2D eigenvalue weighted by molar-refractivity contribution is 14.1. The SMILES string of the molecule is CCC1(OC(CO)CI)CCCC(CO)O1. The van der Waals surface area contributed by atoms with E-state index in [1.54, 1.807) is 0 Å². The first-order chi connectivity index (χ1) is 7.69. The third kappa shape index (κ3) is 3.80. The van der Waals surface area contributed by atoms with Gasteiger partial charge in [0.05, 0.1) is 25.4 Å². The van der Waals surface area contributed by atoms with E-state index >= 15 is 0 Å². The topological polar surface area (TPSA) is 58.9 Å². The van der Waals surface area contributed by atoms with Gasteiger partial charge >= 0.3 is 0 Å². The minimum Gasteiger partial charge on any atom is -0.394 e. The van der Waals surface area contributed by atoms with E-state index in [9.17, 15) is 0 Å². The predicted octanol–water partition coefficient (Wildman–Crippen LogP) is 1.47. The molecule has 1 fully saturated rings. The van der Waals surface area contributed by atoms with Gasteiger partial charge in [0.2, 0.25) is 0 Å². The van der Waals surface area contributed by atoms with Crippen molar-refractivity contribution in [3.8, 4) is 0 Å². The lowest BCUT2D eigenvalue weighted by atomic mass is 9.99. The van der Waals surface area contributed by atoms with Gasteiger partial charge in [0.25, 0.3) is 0 Å². The summed E-state index contributed by atoms with van der Waals surface area (Å²) in [5, 5.41) is 18.3. The van der Waals surface area contributed by atoms with Crippen molar-refractivity contribution >= 4 is 22.6 Å². The molecule has 0 spiro atoms. The number of rotatable bonds is 6. The standard InChI is InChI=1S/C11H21IO4/c1-2-11(16-10(6-12)8-14)5-3-4-9(7-13)15-11/h9-10,13-14H,2-8H2,1H3. The molecule has 0 bridgehead atoms. The predicted molar refractivity (Wildman–Crippen MR) is 69.7 cm³/mol. The van der Waals surface area contributed by atoms with Crippen LogP contribution in [0.1, 0.15) is 32.6 Å². The van der Waals surface area contributed by atoms with Gasteiger partial charge in [0.15, 0.2) is 5.79 Å². The lowest BCUT2D eigenvalue weighted by molar-refractivity contribution is -0.301. The maximum atomic E-state index is 9.15. The van der Waals surface area contributed by atoms with Gasteiger partial charge in [-0.25, -0.2) is 0 Å². The summed E-state index contributed by atoms with van der Waals surface area (Å²) in [6, 6.07) is 0. The van der Waals surface area contributed by atoms with Crippen LogP contribution in [0.4, 0.5) is 0 Å². The summed E-state index contributed by atoms with van der Waals surface area (Å²) in [6.45, 7) is 2.07. The minimum atomic E-state index is -0.607. The van der Waals surface area contributed by atoms with Gasteiger partial charge in [-0.1, -0.05) is 29.5 Å². The fourth-order valence-electron chi connectivity index (χ4n) is 2.00. The largest absolute Gasteiger partial charge is 0.394 e. The van der Waals surface area contributed by atoms with Crippen molar-refractivity contribution in [3.63, 3.8) is 0 Å². The maximum absolute atomic E-state index is 9.15. The van der Waals surface area contributed by atoms with Crippen LogP contribution in [0.3, 0.4) is 0 Å². The Labute approximate surface area is 110 Å². The number of hydrogen-bond donors (Lipinski definition) is 2. The summed E-state index contributed by atoms with van der Waals surface area (Å²) in [6.07, 6.45) is 3.16. The fourth-order valence-corrected chi connectivity index (χ4v) is 2.46. The Balaban J connectivity index is 2.60. The molecule has 0 aromatic rings. The third-order valence-corrected chi connectivity index (χ3v) is 3.95. The van der Waals surface area contributed by atoms with Crippen LogP contribution in [-0.4, -0.2) is 45.8 Å². The molecule has 1 rings (SSSR count). The van der Waals surface area contributed by atoms with Gasteiger partial charge in [0, 0.05) is 10.8 Å². The van der Waals surface area contributed by atoms with Gasteiger partial charge in [-0.3, -0.25) is 0 Å². The average Bonchev–Trinajstić information content (AvgIpc) is 2.36. The Kier molecular flexibility index (Phi) is 6.50. The molecule has 1 saturated heterocycles. The molecule has 0 saturated carbocycles. The van der Waals surface area contributed by atoms with Crippen LogP contribution in [0.5, 0.6) is 0 Å². The molecule has 1 heterocycles. The van der Waals surface area contributed by atoms with Crippen molar-refractivity contribution < 1.29 is 19.7 Å². The van der Waals surface area contributed by atoms with E-state index in [0.29, 0.717) is 0 Å². The van der Waals surface area contributed by atoms with Gasteiger partial charge < -0.3 is 19.7 Å². The molecular weight excluding hydrogens is 323 g/mol. The highest BCUT2D eigenvalue weighted by Gasteiger charge is 2.38. The molecule has 0 amide bonds. The summed E-state index contributed by atoms with van der Waals surface area (Å²) in [5.74, 6) is -0.607. The van der Waals surface area contributed by atoms with Crippen molar-refractivity contribution in [1.82, 2.24) is 0 Å². The number of aliphatic hydroxyl groups is 2. The minimum absolute atomic E-state index is 0.0117. The quantitative estimate of drug-likeness (QED) is 0.566. The molecule has 3 atom stereocenters. The van der Waals surface area contributed by atoms with Crippen molar-refractivity contribution in [2.75, 3.05) is 17.6 Å². The Hall–Kier alpha value is 0.570. The molecule has 2 N–H and O–H groups in total.